The molecule has 2 aliphatic rings. The lowest BCUT2D eigenvalue weighted by atomic mass is 10.0. The number of anilines is 1. The second kappa shape index (κ2) is 9.81. The van der Waals surface area contributed by atoms with Gasteiger partial charge in [0.2, 0.25) is 0 Å². The molecule has 0 bridgehead atoms. The normalized spacial score (nSPS) is 22.6. The number of hydrogen-bond acceptors (Lipinski definition) is 5. The molecule has 0 radical (unpaired) electrons. The van der Waals surface area contributed by atoms with Gasteiger partial charge in [0.1, 0.15) is 24.3 Å². The first-order chi connectivity index (χ1) is 16.1. The second-order valence-corrected chi connectivity index (χ2v) is 10.3. The molecule has 2 saturated heterocycles. The Bertz CT molecular complexity index is 1030. The number of hydrogen-bond donors (Lipinski definition) is 0. The summed E-state index contributed by atoms with van der Waals surface area (Å²) in [6, 6.07) is 14.0. The highest BCUT2D eigenvalue weighted by molar-refractivity contribution is 7.97. The molecule has 0 N–H and O–H groups in total. The van der Waals surface area contributed by atoms with Crippen molar-refractivity contribution in [3.8, 4) is 0 Å². The lowest BCUT2D eigenvalue weighted by Gasteiger charge is -2.37. The summed E-state index contributed by atoms with van der Waals surface area (Å²) in [4.78, 5) is 2.07. The van der Waals surface area contributed by atoms with Crippen molar-refractivity contribution in [3.05, 3.63) is 77.9 Å². The zero-order valence-corrected chi connectivity index (χ0v) is 19.6. The number of nitrogens with zero attached hydrogens (tertiary/aromatic N) is 5. The van der Waals surface area contributed by atoms with E-state index in [1.165, 1.54) is 17.7 Å². The highest BCUT2D eigenvalue weighted by Gasteiger charge is 2.29. The maximum absolute atomic E-state index is 15.1. The SMILES string of the molecule is C[C@H]1CCC(c2ccccc2)SN1Cc1c(F)cc(N2CCC(n3cnnc3)CC2)cc1F. The molecular formula is C25H29F2N5S. The Morgan fingerprint density at radius 3 is 2.27 bits per heavy atom. The van der Waals surface area contributed by atoms with Crippen molar-refractivity contribution in [1.29, 1.82) is 0 Å². The zero-order valence-electron chi connectivity index (χ0n) is 18.8. The van der Waals surface area contributed by atoms with Crippen molar-refractivity contribution >= 4 is 17.6 Å². The van der Waals surface area contributed by atoms with E-state index < -0.39 is 11.6 Å². The molecule has 3 aromatic rings. The molecule has 2 aliphatic heterocycles. The van der Waals surface area contributed by atoms with Crippen LogP contribution in [0.1, 0.15) is 55.0 Å². The van der Waals surface area contributed by atoms with Crippen LogP contribution in [0, 0.1) is 11.6 Å². The third kappa shape index (κ3) is 4.92. The van der Waals surface area contributed by atoms with E-state index in [-0.39, 0.29) is 18.2 Å². The largest absolute Gasteiger partial charge is 0.371 e. The van der Waals surface area contributed by atoms with Crippen LogP contribution in [0.25, 0.3) is 0 Å². The van der Waals surface area contributed by atoms with Crippen LogP contribution in [-0.4, -0.2) is 38.2 Å². The molecule has 2 atom stereocenters. The molecule has 2 aromatic carbocycles. The van der Waals surface area contributed by atoms with Crippen LogP contribution >= 0.6 is 11.9 Å². The van der Waals surface area contributed by atoms with Crippen LogP contribution in [0.2, 0.25) is 0 Å². The van der Waals surface area contributed by atoms with E-state index in [0.29, 0.717) is 17.0 Å². The fourth-order valence-corrected chi connectivity index (χ4v) is 6.21. The molecule has 0 spiro atoms. The standard InChI is InChI=1S/C25H29F2N5S/c1-18-7-8-25(19-5-3-2-4-6-19)33-32(18)15-22-23(26)13-21(14-24(22)27)30-11-9-20(10-12-30)31-16-28-29-17-31/h2-6,13-14,16-18,20,25H,7-12,15H2,1H3/t18-,25?/m0/s1. The number of aromatic nitrogens is 3. The minimum absolute atomic E-state index is 0.159. The molecule has 0 amide bonds. The van der Waals surface area contributed by atoms with Gasteiger partial charge < -0.3 is 9.47 Å². The Balaban J connectivity index is 1.27. The summed E-state index contributed by atoms with van der Waals surface area (Å²) in [5.74, 6) is -0.916. The highest BCUT2D eigenvalue weighted by Crippen LogP contribution is 2.43. The first kappa shape index (κ1) is 22.3. The van der Waals surface area contributed by atoms with E-state index in [1.54, 1.807) is 24.6 Å². The third-order valence-electron chi connectivity index (χ3n) is 6.90. The lowest BCUT2D eigenvalue weighted by molar-refractivity contribution is 0.312. The quantitative estimate of drug-likeness (QED) is 0.444. The first-order valence-electron chi connectivity index (χ1n) is 11.6. The summed E-state index contributed by atoms with van der Waals surface area (Å²) < 4.78 is 34.5. The summed E-state index contributed by atoms with van der Waals surface area (Å²) in [5.41, 5.74) is 2.05. The summed E-state index contributed by atoms with van der Waals surface area (Å²) in [6.45, 7) is 3.90. The van der Waals surface area contributed by atoms with Gasteiger partial charge in [-0.15, -0.1) is 10.2 Å². The van der Waals surface area contributed by atoms with Crippen LogP contribution in [0.5, 0.6) is 0 Å². The summed E-state index contributed by atoms with van der Waals surface area (Å²) in [5, 5.41) is 8.07. The first-order valence-corrected chi connectivity index (χ1v) is 12.5. The fourth-order valence-electron chi connectivity index (χ4n) is 4.84. The van der Waals surface area contributed by atoms with E-state index in [4.69, 9.17) is 0 Å². The van der Waals surface area contributed by atoms with Crippen LogP contribution < -0.4 is 4.90 Å². The van der Waals surface area contributed by atoms with Gasteiger partial charge in [-0.2, -0.15) is 0 Å². The minimum Gasteiger partial charge on any atom is -0.371 e. The highest BCUT2D eigenvalue weighted by atomic mass is 32.2. The Labute approximate surface area is 197 Å². The molecule has 0 aliphatic carbocycles. The Morgan fingerprint density at radius 1 is 0.939 bits per heavy atom. The van der Waals surface area contributed by atoms with Crippen molar-refractivity contribution in [2.24, 2.45) is 0 Å². The van der Waals surface area contributed by atoms with E-state index in [1.807, 2.05) is 22.8 Å². The van der Waals surface area contributed by atoms with Crippen LogP contribution in [-0.2, 0) is 6.54 Å². The minimum atomic E-state index is -0.458. The van der Waals surface area contributed by atoms with E-state index >= 15 is 8.78 Å². The van der Waals surface area contributed by atoms with Crippen molar-refractivity contribution in [2.75, 3.05) is 18.0 Å². The van der Waals surface area contributed by atoms with Gasteiger partial charge in [0.25, 0.3) is 0 Å². The predicted molar refractivity (Wildman–Crippen MR) is 128 cm³/mol. The van der Waals surface area contributed by atoms with Crippen molar-refractivity contribution < 1.29 is 8.78 Å². The Kier molecular flexibility index (Phi) is 6.64. The average molecular weight is 470 g/mol. The Hall–Kier alpha value is -2.45. The molecule has 5 nitrogen and oxygen atoms in total. The van der Waals surface area contributed by atoms with Crippen molar-refractivity contribution in [3.63, 3.8) is 0 Å². The van der Waals surface area contributed by atoms with Gasteiger partial charge in [-0.3, -0.25) is 0 Å². The van der Waals surface area contributed by atoms with Crippen LogP contribution in [0.15, 0.2) is 55.1 Å². The smallest absolute Gasteiger partial charge is 0.132 e. The summed E-state index contributed by atoms with van der Waals surface area (Å²) in [7, 11) is 0. The lowest BCUT2D eigenvalue weighted by Crippen LogP contribution is -2.35. The number of rotatable bonds is 5. The van der Waals surface area contributed by atoms with Gasteiger partial charge in [-0.25, -0.2) is 13.1 Å². The van der Waals surface area contributed by atoms with Gasteiger partial charge in [0.05, 0.1) is 0 Å². The van der Waals surface area contributed by atoms with E-state index in [9.17, 15) is 0 Å². The molecule has 3 heterocycles. The molecular weight excluding hydrogens is 440 g/mol. The Morgan fingerprint density at radius 2 is 1.61 bits per heavy atom. The molecule has 33 heavy (non-hydrogen) atoms. The van der Waals surface area contributed by atoms with Gasteiger partial charge >= 0.3 is 0 Å². The number of benzene rings is 2. The van der Waals surface area contributed by atoms with E-state index in [0.717, 1.165) is 38.8 Å². The monoisotopic (exact) mass is 469 g/mol. The summed E-state index contributed by atoms with van der Waals surface area (Å²) in [6.07, 6.45) is 7.33. The summed E-state index contributed by atoms with van der Waals surface area (Å²) >= 11 is 1.71. The fraction of sp³-hybridized carbons (Fsp3) is 0.440. The number of piperidine rings is 1. The van der Waals surface area contributed by atoms with Gasteiger partial charge in [0, 0.05) is 48.2 Å². The van der Waals surface area contributed by atoms with E-state index in [2.05, 4.69) is 38.5 Å². The van der Waals surface area contributed by atoms with Crippen molar-refractivity contribution in [1.82, 2.24) is 19.1 Å². The van der Waals surface area contributed by atoms with Gasteiger partial charge in [0.15, 0.2) is 0 Å². The maximum Gasteiger partial charge on any atom is 0.132 e. The molecule has 8 heteroatoms. The average Bonchev–Trinajstić information content (AvgIpc) is 3.38. The second-order valence-electron chi connectivity index (χ2n) is 9.02. The van der Waals surface area contributed by atoms with Crippen LogP contribution in [0.4, 0.5) is 14.5 Å². The topological polar surface area (TPSA) is 37.2 Å². The molecule has 5 rings (SSSR count). The van der Waals surface area contributed by atoms with Crippen LogP contribution in [0.3, 0.4) is 0 Å². The molecule has 1 aromatic heterocycles. The maximum atomic E-state index is 15.1. The van der Waals surface area contributed by atoms with Gasteiger partial charge in [-0.1, -0.05) is 42.3 Å². The third-order valence-corrected chi connectivity index (χ3v) is 8.42. The molecule has 1 unspecified atom stereocenters. The van der Waals surface area contributed by atoms with Gasteiger partial charge in [-0.05, 0) is 50.3 Å². The molecule has 2 fully saturated rings. The van der Waals surface area contributed by atoms with Crippen molar-refractivity contribution in [2.45, 2.75) is 56.5 Å². The predicted octanol–water partition coefficient (Wildman–Crippen LogP) is 5.77. The number of halogens is 2. The zero-order chi connectivity index (χ0) is 22.8. The molecule has 0 saturated carbocycles. The molecule has 174 valence electrons.